The number of hydrogen-bond acceptors (Lipinski definition) is 4. The molecule has 0 saturated carbocycles. The highest BCUT2D eigenvalue weighted by Crippen LogP contribution is 2.34. The third-order valence-corrected chi connectivity index (χ3v) is 7.29. The normalized spacial score (nSPS) is 15.3. The number of ether oxygens (including phenoxy) is 1. The number of rotatable bonds is 6. The summed E-state index contributed by atoms with van der Waals surface area (Å²) in [6.07, 6.45) is 0.793. The third kappa shape index (κ3) is 4.66. The van der Waals surface area contributed by atoms with Crippen LogP contribution in [0.2, 0.25) is 0 Å². The highest BCUT2D eigenvalue weighted by molar-refractivity contribution is 9.10. The third-order valence-electron chi connectivity index (χ3n) is 5.41. The molecule has 0 aromatic heterocycles. The second-order valence-electron chi connectivity index (χ2n) is 7.77. The van der Waals surface area contributed by atoms with Gasteiger partial charge in [0.2, 0.25) is 0 Å². The number of para-hydroxylation sites is 1. The SMILES string of the molecule is Cc1ccccc1NS(=O)(=O)c1ccc(OCC(=O)N2c3ccc(Br)cc3CC2C)cc1. The van der Waals surface area contributed by atoms with E-state index in [1.807, 2.05) is 44.2 Å². The largest absolute Gasteiger partial charge is 0.484 e. The molecule has 1 atom stereocenters. The standard InChI is InChI=1S/C24H23BrN2O4S/c1-16-5-3-4-6-22(16)26-32(29,30)21-10-8-20(9-11-21)31-15-24(28)27-17(2)13-18-14-19(25)7-12-23(18)27/h3-12,14,17,26H,13,15H2,1-2H3. The van der Waals surface area contributed by atoms with E-state index in [4.69, 9.17) is 4.74 Å². The number of anilines is 2. The second-order valence-corrected chi connectivity index (χ2v) is 10.4. The number of fused-ring (bicyclic) bond motifs is 1. The lowest BCUT2D eigenvalue weighted by Crippen LogP contribution is -2.39. The van der Waals surface area contributed by atoms with Crippen molar-refractivity contribution in [2.24, 2.45) is 0 Å². The van der Waals surface area contributed by atoms with Crippen LogP contribution < -0.4 is 14.4 Å². The van der Waals surface area contributed by atoms with Gasteiger partial charge in [0.1, 0.15) is 5.75 Å². The van der Waals surface area contributed by atoms with Crippen molar-refractivity contribution in [3.63, 3.8) is 0 Å². The van der Waals surface area contributed by atoms with Crippen LogP contribution in [-0.4, -0.2) is 27.0 Å². The van der Waals surface area contributed by atoms with Crippen molar-refractivity contribution in [2.75, 3.05) is 16.2 Å². The lowest BCUT2D eigenvalue weighted by Gasteiger charge is -2.22. The Morgan fingerprint density at radius 1 is 1.12 bits per heavy atom. The maximum absolute atomic E-state index is 12.8. The topological polar surface area (TPSA) is 75.7 Å². The molecule has 3 aromatic carbocycles. The Balaban J connectivity index is 1.41. The van der Waals surface area contributed by atoms with E-state index >= 15 is 0 Å². The molecule has 32 heavy (non-hydrogen) atoms. The van der Waals surface area contributed by atoms with Gasteiger partial charge in [-0.3, -0.25) is 9.52 Å². The first kappa shape index (κ1) is 22.4. The van der Waals surface area contributed by atoms with Crippen molar-refractivity contribution in [2.45, 2.75) is 31.2 Å². The van der Waals surface area contributed by atoms with Crippen molar-refractivity contribution in [3.8, 4) is 5.75 Å². The number of benzene rings is 3. The molecule has 0 radical (unpaired) electrons. The Morgan fingerprint density at radius 3 is 2.56 bits per heavy atom. The summed E-state index contributed by atoms with van der Waals surface area (Å²) in [7, 11) is -3.73. The molecule has 1 unspecified atom stereocenters. The van der Waals surface area contributed by atoms with E-state index in [2.05, 4.69) is 20.7 Å². The summed E-state index contributed by atoms with van der Waals surface area (Å²) < 4.78 is 34.6. The van der Waals surface area contributed by atoms with Crippen LogP contribution in [0.25, 0.3) is 0 Å². The van der Waals surface area contributed by atoms with E-state index < -0.39 is 10.0 Å². The van der Waals surface area contributed by atoms with Gasteiger partial charge < -0.3 is 9.64 Å². The molecule has 166 valence electrons. The molecule has 0 aliphatic carbocycles. The van der Waals surface area contributed by atoms with Crippen LogP contribution in [0.5, 0.6) is 5.75 Å². The van der Waals surface area contributed by atoms with Crippen LogP contribution in [0.15, 0.2) is 76.1 Å². The Labute approximate surface area is 196 Å². The number of carbonyl (C=O) groups excluding carboxylic acids is 1. The van der Waals surface area contributed by atoms with Crippen molar-refractivity contribution >= 4 is 43.2 Å². The minimum atomic E-state index is -3.73. The lowest BCUT2D eigenvalue weighted by atomic mass is 10.1. The van der Waals surface area contributed by atoms with Crippen LogP contribution >= 0.6 is 15.9 Å². The fraction of sp³-hybridized carbons (Fsp3) is 0.208. The average Bonchev–Trinajstić information content (AvgIpc) is 3.08. The Bertz CT molecular complexity index is 1260. The zero-order valence-electron chi connectivity index (χ0n) is 17.7. The summed E-state index contributed by atoms with van der Waals surface area (Å²) in [5, 5.41) is 0. The Kier molecular flexibility index (Phi) is 6.26. The Morgan fingerprint density at radius 2 is 1.84 bits per heavy atom. The molecule has 0 saturated heterocycles. The maximum atomic E-state index is 12.8. The van der Waals surface area contributed by atoms with Crippen molar-refractivity contribution in [1.29, 1.82) is 0 Å². The van der Waals surface area contributed by atoms with Gasteiger partial charge in [-0.05, 0) is 79.9 Å². The highest BCUT2D eigenvalue weighted by atomic mass is 79.9. The summed E-state index contributed by atoms with van der Waals surface area (Å²) in [6.45, 7) is 3.71. The van der Waals surface area contributed by atoms with Crippen LogP contribution in [-0.2, 0) is 21.2 Å². The summed E-state index contributed by atoms with van der Waals surface area (Å²) in [4.78, 5) is 14.7. The first-order valence-corrected chi connectivity index (χ1v) is 12.4. The van der Waals surface area contributed by atoms with Crippen molar-refractivity contribution in [3.05, 3.63) is 82.3 Å². The number of aryl methyl sites for hydroxylation is 1. The molecular formula is C24H23BrN2O4S. The summed E-state index contributed by atoms with van der Waals surface area (Å²) in [5.41, 5.74) is 3.39. The van der Waals surface area contributed by atoms with E-state index in [1.54, 1.807) is 29.2 Å². The van der Waals surface area contributed by atoms with E-state index in [1.165, 1.54) is 12.1 Å². The van der Waals surface area contributed by atoms with Gasteiger partial charge in [-0.25, -0.2) is 8.42 Å². The number of nitrogens with zero attached hydrogens (tertiary/aromatic N) is 1. The number of nitrogens with one attached hydrogen (secondary N) is 1. The summed E-state index contributed by atoms with van der Waals surface area (Å²) in [6, 6.07) is 19.1. The molecule has 1 N–H and O–H groups in total. The van der Waals surface area contributed by atoms with Gasteiger partial charge in [0, 0.05) is 16.2 Å². The van der Waals surface area contributed by atoms with Crippen molar-refractivity contribution in [1.82, 2.24) is 0 Å². The van der Waals surface area contributed by atoms with E-state index in [9.17, 15) is 13.2 Å². The molecule has 1 heterocycles. The van der Waals surface area contributed by atoms with Crippen LogP contribution in [0, 0.1) is 6.92 Å². The summed E-state index contributed by atoms with van der Waals surface area (Å²) in [5.74, 6) is 0.285. The van der Waals surface area contributed by atoms with E-state index in [-0.39, 0.29) is 23.5 Å². The predicted octanol–water partition coefficient (Wildman–Crippen LogP) is 4.91. The van der Waals surface area contributed by atoms with Gasteiger partial charge in [0.25, 0.3) is 15.9 Å². The Hall–Kier alpha value is -2.84. The first-order chi connectivity index (χ1) is 15.2. The number of amides is 1. The minimum absolute atomic E-state index is 0.0513. The molecule has 1 amide bonds. The van der Waals surface area contributed by atoms with Crippen LogP contribution in [0.4, 0.5) is 11.4 Å². The van der Waals surface area contributed by atoms with Gasteiger partial charge in [-0.1, -0.05) is 34.1 Å². The monoisotopic (exact) mass is 514 g/mol. The van der Waals surface area contributed by atoms with Crippen LogP contribution in [0.3, 0.4) is 0 Å². The molecule has 8 heteroatoms. The van der Waals surface area contributed by atoms with Gasteiger partial charge >= 0.3 is 0 Å². The smallest absolute Gasteiger partial charge is 0.265 e. The van der Waals surface area contributed by atoms with Gasteiger partial charge in [-0.2, -0.15) is 0 Å². The molecule has 1 aliphatic heterocycles. The molecule has 0 bridgehead atoms. The number of halogens is 1. The molecule has 0 spiro atoms. The second kappa shape index (κ2) is 8.96. The first-order valence-electron chi connectivity index (χ1n) is 10.2. The molecule has 1 aliphatic rings. The summed E-state index contributed by atoms with van der Waals surface area (Å²) >= 11 is 3.47. The highest BCUT2D eigenvalue weighted by Gasteiger charge is 2.31. The molecule has 4 rings (SSSR count). The zero-order valence-corrected chi connectivity index (χ0v) is 20.1. The van der Waals surface area contributed by atoms with E-state index in [0.717, 1.165) is 27.7 Å². The molecular weight excluding hydrogens is 492 g/mol. The minimum Gasteiger partial charge on any atom is -0.484 e. The van der Waals surface area contributed by atoms with Gasteiger partial charge in [0.05, 0.1) is 10.6 Å². The van der Waals surface area contributed by atoms with Gasteiger partial charge in [0.15, 0.2) is 6.61 Å². The molecule has 6 nitrogen and oxygen atoms in total. The van der Waals surface area contributed by atoms with Crippen molar-refractivity contribution < 1.29 is 17.9 Å². The lowest BCUT2D eigenvalue weighted by molar-refractivity contribution is -0.120. The number of carbonyl (C=O) groups is 1. The van der Waals surface area contributed by atoms with E-state index in [0.29, 0.717) is 11.4 Å². The van der Waals surface area contributed by atoms with Crippen LogP contribution in [0.1, 0.15) is 18.1 Å². The molecule has 3 aromatic rings. The molecule has 0 fully saturated rings. The zero-order chi connectivity index (χ0) is 22.9. The fourth-order valence-corrected chi connectivity index (χ4v) is 5.34. The predicted molar refractivity (Wildman–Crippen MR) is 129 cm³/mol. The maximum Gasteiger partial charge on any atom is 0.265 e. The average molecular weight is 515 g/mol. The number of hydrogen-bond donors (Lipinski definition) is 1. The number of sulfonamides is 1. The quantitative estimate of drug-likeness (QED) is 0.506. The van der Waals surface area contributed by atoms with Gasteiger partial charge in [-0.15, -0.1) is 0 Å². The fourth-order valence-electron chi connectivity index (χ4n) is 3.80.